The summed E-state index contributed by atoms with van der Waals surface area (Å²) in [5.74, 6) is 0.937. The highest BCUT2D eigenvalue weighted by molar-refractivity contribution is 7.99. The fourth-order valence-corrected chi connectivity index (χ4v) is 5.06. The van der Waals surface area contributed by atoms with Gasteiger partial charge in [0.25, 0.3) is 5.91 Å². The lowest BCUT2D eigenvalue weighted by atomic mass is 10.0. The van der Waals surface area contributed by atoms with Crippen LogP contribution < -0.4 is 10.6 Å². The standard InChI is InChI=1S/C22H29Cl2N5O2S/c1-13(2)10-18(26-21(31)16-9-8-14(23)11-17(16)24)20-27-28-22(29(20)3)32-12-19(30)25-15-6-4-5-7-15/h8-9,11,13,15,18H,4-7,10,12H2,1-3H3,(H,25,30)(H,26,31)/t18-/m1/s1. The summed E-state index contributed by atoms with van der Waals surface area (Å²) in [6, 6.07) is 4.72. The lowest BCUT2D eigenvalue weighted by Crippen LogP contribution is -2.34. The van der Waals surface area contributed by atoms with E-state index in [1.54, 1.807) is 18.2 Å². The Morgan fingerprint density at radius 3 is 2.59 bits per heavy atom. The number of benzene rings is 1. The second kappa shape index (κ2) is 11.4. The molecule has 2 aromatic rings. The molecule has 0 unspecified atom stereocenters. The summed E-state index contributed by atoms with van der Waals surface area (Å²) in [4.78, 5) is 25.1. The van der Waals surface area contributed by atoms with E-state index in [1.807, 2.05) is 11.6 Å². The molecule has 32 heavy (non-hydrogen) atoms. The van der Waals surface area contributed by atoms with Crippen molar-refractivity contribution in [3.8, 4) is 0 Å². The van der Waals surface area contributed by atoms with Crippen LogP contribution in [0.15, 0.2) is 23.4 Å². The van der Waals surface area contributed by atoms with Crippen LogP contribution in [0.5, 0.6) is 0 Å². The van der Waals surface area contributed by atoms with Crippen LogP contribution in [0.3, 0.4) is 0 Å². The van der Waals surface area contributed by atoms with Crippen molar-refractivity contribution in [3.63, 3.8) is 0 Å². The minimum absolute atomic E-state index is 0.0101. The van der Waals surface area contributed by atoms with Crippen LogP contribution in [0.1, 0.15) is 68.2 Å². The summed E-state index contributed by atoms with van der Waals surface area (Å²) in [7, 11) is 1.85. The third kappa shape index (κ3) is 6.62. The molecule has 0 radical (unpaired) electrons. The van der Waals surface area contributed by atoms with E-state index >= 15 is 0 Å². The van der Waals surface area contributed by atoms with Crippen LogP contribution in [0.25, 0.3) is 0 Å². The Bertz CT molecular complexity index is 960. The molecule has 0 saturated heterocycles. The molecule has 7 nitrogen and oxygen atoms in total. The summed E-state index contributed by atoms with van der Waals surface area (Å²) in [5, 5.41) is 16.1. The minimum atomic E-state index is -0.353. The van der Waals surface area contributed by atoms with Gasteiger partial charge in [0.05, 0.1) is 22.4 Å². The van der Waals surface area contributed by atoms with Gasteiger partial charge in [-0.05, 0) is 43.4 Å². The first-order valence-electron chi connectivity index (χ1n) is 10.8. The Hall–Kier alpha value is -1.77. The molecule has 10 heteroatoms. The van der Waals surface area contributed by atoms with Crippen LogP contribution in [0.4, 0.5) is 0 Å². The maximum Gasteiger partial charge on any atom is 0.253 e. The second-order valence-corrected chi connectivity index (χ2v) is 10.3. The maximum atomic E-state index is 12.9. The number of carbonyl (C=O) groups excluding carboxylic acids is 2. The fourth-order valence-electron chi connectivity index (χ4n) is 3.83. The molecule has 1 aromatic carbocycles. The molecular weight excluding hydrogens is 469 g/mol. The first-order valence-corrected chi connectivity index (χ1v) is 12.6. The average Bonchev–Trinajstić information content (AvgIpc) is 3.35. The molecule has 0 aliphatic heterocycles. The lowest BCUT2D eigenvalue weighted by Gasteiger charge is -2.20. The zero-order valence-electron chi connectivity index (χ0n) is 18.5. The number of carbonyl (C=O) groups is 2. The highest BCUT2D eigenvalue weighted by Gasteiger charge is 2.25. The molecule has 1 aliphatic rings. The molecule has 1 saturated carbocycles. The van der Waals surface area contributed by atoms with E-state index < -0.39 is 0 Å². The third-order valence-electron chi connectivity index (χ3n) is 5.42. The van der Waals surface area contributed by atoms with Gasteiger partial charge in [0.2, 0.25) is 5.91 Å². The molecule has 2 N–H and O–H groups in total. The maximum absolute atomic E-state index is 12.9. The van der Waals surface area contributed by atoms with Crippen molar-refractivity contribution >= 4 is 46.8 Å². The van der Waals surface area contributed by atoms with E-state index in [4.69, 9.17) is 23.2 Å². The predicted octanol–water partition coefficient (Wildman–Crippen LogP) is 4.79. The Morgan fingerprint density at radius 2 is 1.94 bits per heavy atom. The van der Waals surface area contributed by atoms with E-state index in [0.29, 0.717) is 45.0 Å². The van der Waals surface area contributed by atoms with E-state index in [9.17, 15) is 9.59 Å². The Morgan fingerprint density at radius 1 is 1.22 bits per heavy atom. The fraction of sp³-hybridized carbons (Fsp3) is 0.545. The van der Waals surface area contributed by atoms with E-state index in [2.05, 4.69) is 34.7 Å². The van der Waals surface area contributed by atoms with Crippen molar-refractivity contribution in [1.29, 1.82) is 0 Å². The number of hydrogen-bond acceptors (Lipinski definition) is 5. The monoisotopic (exact) mass is 497 g/mol. The zero-order chi connectivity index (χ0) is 23.3. The number of rotatable bonds is 9. The minimum Gasteiger partial charge on any atom is -0.353 e. The van der Waals surface area contributed by atoms with Gasteiger partial charge in [-0.3, -0.25) is 9.59 Å². The van der Waals surface area contributed by atoms with Crippen molar-refractivity contribution in [2.45, 2.75) is 63.2 Å². The highest BCUT2D eigenvalue weighted by Crippen LogP contribution is 2.26. The smallest absolute Gasteiger partial charge is 0.253 e. The summed E-state index contributed by atoms with van der Waals surface area (Å²) in [5.41, 5.74) is 0.352. The Labute approximate surface area is 203 Å². The van der Waals surface area contributed by atoms with E-state index in [-0.39, 0.29) is 23.6 Å². The highest BCUT2D eigenvalue weighted by atomic mass is 35.5. The quantitative estimate of drug-likeness (QED) is 0.486. The summed E-state index contributed by atoms with van der Waals surface area (Å²) < 4.78 is 1.84. The molecular formula is C22H29Cl2N5O2S. The number of hydrogen-bond donors (Lipinski definition) is 2. The molecule has 1 aromatic heterocycles. The molecule has 2 amide bonds. The number of nitrogens with one attached hydrogen (secondary N) is 2. The van der Waals surface area contributed by atoms with Gasteiger partial charge >= 0.3 is 0 Å². The van der Waals surface area contributed by atoms with Crippen LogP contribution in [0, 0.1) is 5.92 Å². The third-order valence-corrected chi connectivity index (χ3v) is 6.99. The second-order valence-electron chi connectivity index (χ2n) is 8.52. The first kappa shape index (κ1) is 24.9. The van der Waals surface area contributed by atoms with Gasteiger partial charge in [-0.15, -0.1) is 10.2 Å². The van der Waals surface area contributed by atoms with Crippen molar-refractivity contribution in [1.82, 2.24) is 25.4 Å². The largest absolute Gasteiger partial charge is 0.353 e. The summed E-state index contributed by atoms with van der Waals surface area (Å²) in [6.45, 7) is 4.15. The van der Waals surface area contributed by atoms with Gasteiger partial charge in [0.1, 0.15) is 0 Å². The van der Waals surface area contributed by atoms with Gasteiger partial charge in [-0.25, -0.2) is 0 Å². The average molecular weight is 498 g/mol. The predicted molar refractivity (Wildman–Crippen MR) is 128 cm³/mol. The molecule has 0 bridgehead atoms. The summed E-state index contributed by atoms with van der Waals surface area (Å²) >= 11 is 13.5. The summed E-state index contributed by atoms with van der Waals surface area (Å²) in [6.07, 6.45) is 5.14. The van der Waals surface area contributed by atoms with Crippen molar-refractivity contribution in [3.05, 3.63) is 39.6 Å². The Kier molecular flexibility index (Phi) is 8.85. The van der Waals surface area contributed by atoms with E-state index in [0.717, 1.165) is 12.8 Å². The number of halogens is 2. The van der Waals surface area contributed by atoms with Crippen LogP contribution in [0.2, 0.25) is 10.0 Å². The van der Waals surface area contributed by atoms with E-state index in [1.165, 1.54) is 24.6 Å². The molecule has 1 aliphatic carbocycles. The molecule has 3 rings (SSSR count). The molecule has 174 valence electrons. The number of thioether (sulfide) groups is 1. The van der Waals surface area contributed by atoms with Crippen molar-refractivity contribution < 1.29 is 9.59 Å². The number of nitrogens with zero attached hydrogens (tertiary/aromatic N) is 3. The van der Waals surface area contributed by atoms with Crippen molar-refractivity contribution in [2.75, 3.05) is 5.75 Å². The van der Waals surface area contributed by atoms with Gasteiger partial charge < -0.3 is 15.2 Å². The SMILES string of the molecule is CC(C)C[C@@H](NC(=O)c1ccc(Cl)cc1Cl)c1nnc(SCC(=O)NC2CCCC2)n1C. The molecule has 1 atom stereocenters. The van der Waals surface area contributed by atoms with Gasteiger partial charge in [-0.1, -0.05) is 61.7 Å². The number of amides is 2. The lowest BCUT2D eigenvalue weighted by molar-refractivity contribution is -0.119. The topological polar surface area (TPSA) is 88.9 Å². The van der Waals surface area contributed by atoms with Crippen LogP contribution >= 0.6 is 35.0 Å². The first-order chi connectivity index (χ1) is 15.2. The van der Waals surface area contributed by atoms with Crippen LogP contribution in [-0.2, 0) is 11.8 Å². The van der Waals surface area contributed by atoms with Crippen LogP contribution in [-0.4, -0.2) is 38.4 Å². The van der Waals surface area contributed by atoms with Gasteiger partial charge in [0.15, 0.2) is 11.0 Å². The molecule has 1 heterocycles. The molecule has 1 fully saturated rings. The number of aromatic nitrogens is 3. The molecule has 0 spiro atoms. The Balaban J connectivity index is 1.68. The zero-order valence-corrected chi connectivity index (χ0v) is 20.9. The van der Waals surface area contributed by atoms with Gasteiger partial charge in [-0.2, -0.15) is 0 Å². The van der Waals surface area contributed by atoms with Crippen molar-refractivity contribution in [2.24, 2.45) is 13.0 Å². The normalized spacial score (nSPS) is 15.2. The van der Waals surface area contributed by atoms with Gasteiger partial charge in [0, 0.05) is 18.1 Å².